The first-order chi connectivity index (χ1) is 8.52. The molecule has 0 aliphatic carbocycles. The van der Waals surface area contributed by atoms with Crippen molar-refractivity contribution in [1.29, 1.82) is 0 Å². The van der Waals surface area contributed by atoms with Gasteiger partial charge in [0.15, 0.2) is 0 Å². The molecule has 0 saturated heterocycles. The Morgan fingerprint density at radius 3 is 2.72 bits per heavy atom. The quantitative estimate of drug-likeness (QED) is 0.769. The van der Waals surface area contributed by atoms with Gasteiger partial charge in [-0.05, 0) is 47.5 Å². The van der Waals surface area contributed by atoms with Crippen LogP contribution < -0.4 is 0 Å². The van der Waals surface area contributed by atoms with Gasteiger partial charge in [0.05, 0.1) is 5.02 Å². The van der Waals surface area contributed by atoms with Gasteiger partial charge in [-0.25, -0.2) is 4.98 Å². The van der Waals surface area contributed by atoms with E-state index in [1.807, 2.05) is 25.1 Å². The molecule has 0 amide bonds. The molecule has 5 heteroatoms. The fraction of sp³-hybridized carbons (Fsp3) is 0.231. The summed E-state index contributed by atoms with van der Waals surface area (Å²) in [7, 11) is 0. The average molecular weight is 344 g/mol. The van der Waals surface area contributed by atoms with Crippen molar-refractivity contribution in [2.45, 2.75) is 20.3 Å². The number of aromatic nitrogens is 2. The molecule has 0 fully saturated rings. The van der Waals surface area contributed by atoms with Crippen LogP contribution in [0.4, 0.5) is 0 Å². The Hall–Kier alpha value is -0.710. The smallest absolute Gasteiger partial charge is 0.139 e. The third-order valence-electron chi connectivity index (χ3n) is 2.78. The van der Waals surface area contributed by atoms with Crippen LogP contribution in [0.1, 0.15) is 18.2 Å². The molecular formula is C13H12BrClN2S. The van der Waals surface area contributed by atoms with Crippen LogP contribution in [0.15, 0.2) is 22.7 Å². The number of rotatable bonds is 2. The lowest BCUT2D eigenvalue weighted by atomic mass is 10.1. The molecule has 0 aliphatic heterocycles. The van der Waals surface area contributed by atoms with Crippen molar-refractivity contribution in [2.75, 3.05) is 0 Å². The van der Waals surface area contributed by atoms with E-state index in [0.717, 1.165) is 33.5 Å². The monoisotopic (exact) mass is 342 g/mol. The molecule has 0 spiro atoms. The third-order valence-corrected chi connectivity index (χ3v) is 4.33. The Morgan fingerprint density at radius 1 is 1.44 bits per heavy atom. The van der Waals surface area contributed by atoms with Gasteiger partial charge in [-0.15, -0.1) is 0 Å². The minimum absolute atomic E-state index is 0.662. The van der Waals surface area contributed by atoms with Crippen molar-refractivity contribution >= 4 is 39.7 Å². The molecule has 0 atom stereocenters. The molecule has 1 heterocycles. The lowest BCUT2D eigenvalue weighted by Crippen LogP contribution is -1.99. The SMILES string of the molecule is CCc1c(C)[nH]c(-c2ccc(Cl)c(Br)c2)nc1=S. The minimum Gasteiger partial charge on any atom is -0.343 e. The first-order valence-electron chi connectivity index (χ1n) is 5.58. The van der Waals surface area contributed by atoms with Crippen LogP contribution >= 0.6 is 39.7 Å². The fourth-order valence-corrected chi connectivity index (χ4v) is 2.69. The summed E-state index contributed by atoms with van der Waals surface area (Å²) in [5.41, 5.74) is 3.13. The second kappa shape index (κ2) is 5.51. The van der Waals surface area contributed by atoms with Gasteiger partial charge in [0.2, 0.25) is 0 Å². The van der Waals surface area contributed by atoms with E-state index in [-0.39, 0.29) is 0 Å². The number of hydrogen-bond acceptors (Lipinski definition) is 2. The van der Waals surface area contributed by atoms with Gasteiger partial charge in [-0.3, -0.25) is 0 Å². The lowest BCUT2D eigenvalue weighted by molar-refractivity contribution is 0.989. The number of aromatic amines is 1. The van der Waals surface area contributed by atoms with Crippen molar-refractivity contribution in [3.63, 3.8) is 0 Å². The van der Waals surface area contributed by atoms with E-state index in [0.29, 0.717) is 9.66 Å². The van der Waals surface area contributed by atoms with Crippen LogP contribution in [0.25, 0.3) is 11.4 Å². The maximum Gasteiger partial charge on any atom is 0.139 e. The van der Waals surface area contributed by atoms with Gasteiger partial charge in [0.1, 0.15) is 10.5 Å². The molecule has 2 aromatic rings. The summed E-state index contributed by atoms with van der Waals surface area (Å²) < 4.78 is 1.51. The number of H-pyrrole nitrogens is 1. The van der Waals surface area contributed by atoms with E-state index < -0.39 is 0 Å². The van der Waals surface area contributed by atoms with E-state index >= 15 is 0 Å². The summed E-state index contributed by atoms with van der Waals surface area (Å²) in [6.45, 7) is 4.09. The topological polar surface area (TPSA) is 28.7 Å². The number of nitrogens with one attached hydrogen (secondary N) is 1. The van der Waals surface area contributed by atoms with Gasteiger partial charge in [-0.1, -0.05) is 30.7 Å². The number of aryl methyl sites for hydroxylation is 1. The number of hydrogen-bond donors (Lipinski definition) is 1. The number of halogens is 2. The van der Waals surface area contributed by atoms with Crippen molar-refractivity contribution in [3.05, 3.63) is 43.6 Å². The highest BCUT2D eigenvalue weighted by atomic mass is 79.9. The van der Waals surface area contributed by atoms with E-state index in [2.05, 4.69) is 32.8 Å². The van der Waals surface area contributed by atoms with E-state index in [4.69, 9.17) is 23.8 Å². The van der Waals surface area contributed by atoms with Gasteiger partial charge in [0.25, 0.3) is 0 Å². The van der Waals surface area contributed by atoms with Gasteiger partial charge >= 0.3 is 0 Å². The highest BCUT2D eigenvalue weighted by Gasteiger charge is 2.07. The Labute approximate surface area is 125 Å². The van der Waals surface area contributed by atoms with Gasteiger partial charge in [0, 0.05) is 21.3 Å². The average Bonchev–Trinajstić information content (AvgIpc) is 2.32. The molecule has 0 radical (unpaired) electrons. The van der Waals surface area contributed by atoms with E-state index in [1.165, 1.54) is 0 Å². The predicted molar refractivity (Wildman–Crippen MR) is 81.7 cm³/mol. The molecule has 94 valence electrons. The zero-order valence-electron chi connectivity index (χ0n) is 10.1. The maximum atomic E-state index is 5.98. The predicted octanol–water partition coefficient (Wildman–Crippen LogP) is 5.09. The van der Waals surface area contributed by atoms with Crippen LogP contribution in [0.5, 0.6) is 0 Å². The Bertz CT molecular complexity index is 652. The largest absolute Gasteiger partial charge is 0.343 e. The fourth-order valence-electron chi connectivity index (χ4n) is 1.81. The van der Waals surface area contributed by atoms with Crippen LogP contribution in [0.2, 0.25) is 5.02 Å². The molecule has 0 unspecified atom stereocenters. The number of benzene rings is 1. The molecule has 2 nitrogen and oxygen atoms in total. The summed E-state index contributed by atoms with van der Waals surface area (Å²) in [6, 6.07) is 5.69. The zero-order valence-corrected chi connectivity index (χ0v) is 13.2. The molecule has 0 aliphatic rings. The van der Waals surface area contributed by atoms with Crippen LogP contribution in [0, 0.1) is 11.6 Å². The standard InChI is InChI=1S/C13H12BrClN2S/c1-3-9-7(2)16-12(17-13(9)18)8-4-5-11(15)10(14)6-8/h4-6H,3H2,1-2H3,(H,16,17,18). The molecule has 1 aromatic heterocycles. The summed E-state index contributed by atoms with van der Waals surface area (Å²) in [6.07, 6.45) is 0.888. The number of nitrogens with zero attached hydrogens (tertiary/aromatic N) is 1. The van der Waals surface area contributed by atoms with Gasteiger partial charge < -0.3 is 4.98 Å². The lowest BCUT2D eigenvalue weighted by Gasteiger charge is -2.08. The highest BCUT2D eigenvalue weighted by Crippen LogP contribution is 2.27. The van der Waals surface area contributed by atoms with Crippen molar-refractivity contribution in [3.8, 4) is 11.4 Å². The summed E-state index contributed by atoms with van der Waals surface area (Å²) >= 11 is 14.7. The molecule has 2 rings (SSSR count). The van der Waals surface area contributed by atoms with Gasteiger partial charge in [-0.2, -0.15) is 0 Å². The Morgan fingerprint density at radius 2 is 2.17 bits per heavy atom. The molecule has 0 saturated carbocycles. The molecule has 18 heavy (non-hydrogen) atoms. The highest BCUT2D eigenvalue weighted by molar-refractivity contribution is 9.10. The second-order valence-electron chi connectivity index (χ2n) is 3.98. The molecule has 0 bridgehead atoms. The first-order valence-corrected chi connectivity index (χ1v) is 7.16. The van der Waals surface area contributed by atoms with Crippen LogP contribution in [0.3, 0.4) is 0 Å². The van der Waals surface area contributed by atoms with Crippen molar-refractivity contribution in [1.82, 2.24) is 9.97 Å². The molecular weight excluding hydrogens is 332 g/mol. The Kier molecular flexibility index (Phi) is 4.20. The van der Waals surface area contributed by atoms with E-state index in [9.17, 15) is 0 Å². The maximum absolute atomic E-state index is 5.98. The van der Waals surface area contributed by atoms with E-state index in [1.54, 1.807) is 0 Å². The van der Waals surface area contributed by atoms with Crippen molar-refractivity contribution in [2.24, 2.45) is 0 Å². The molecule has 1 N–H and O–H groups in total. The van der Waals surface area contributed by atoms with Crippen molar-refractivity contribution < 1.29 is 0 Å². The van der Waals surface area contributed by atoms with Crippen LogP contribution in [-0.2, 0) is 6.42 Å². The summed E-state index contributed by atoms with van der Waals surface area (Å²) in [5, 5.41) is 0.680. The first kappa shape index (κ1) is 13.7. The third kappa shape index (κ3) is 2.66. The Balaban J connectivity index is 2.58. The summed E-state index contributed by atoms with van der Waals surface area (Å²) in [5.74, 6) is 0.770. The summed E-state index contributed by atoms with van der Waals surface area (Å²) in [4.78, 5) is 7.73. The van der Waals surface area contributed by atoms with Crippen LogP contribution in [-0.4, -0.2) is 9.97 Å². The second-order valence-corrected chi connectivity index (χ2v) is 5.62. The molecule has 1 aromatic carbocycles. The zero-order chi connectivity index (χ0) is 13.3. The normalized spacial score (nSPS) is 10.7. The minimum atomic E-state index is 0.662.